The molecule has 0 atom stereocenters. The molecule has 162 valence electrons. The van der Waals surface area contributed by atoms with E-state index in [2.05, 4.69) is 4.98 Å². The second-order valence-corrected chi connectivity index (χ2v) is 8.84. The van der Waals surface area contributed by atoms with Crippen LogP contribution in [0.5, 0.6) is 17.2 Å². The van der Waals surface area contributed by atoms with E-state index in [0.29, 0.717) is 41.0 Å². The van der Waals surface area contributed by atoms with E-state index >= 15 is 0 Å². The van der Waals surface area contributed by atoms with E-state index in [9.17, 15) is 8.42 Å². The van der Waals surface area contributed by atoms with Crippen molar-refractivity contribution in [3.63, 3.8) is 0 Å². The van der Waals surface area contributed by atoms with Gasteiger partial charge in [-0.15, -0.1) is 0 Å². The minimum Gasteiger partial charge on any atom is -0.493 e. The number of ether oxygens (including phenoxy) is 3. The first kappa shape index (κ1) is 20.8. The van der Waals surface area contributed by atoms with Crippen molar-refractivity contribution in [2.24, 2.45) is 0 Å². The molecule has 0 spiro atoms. The summed E-state index contributed by atoms with van der Waals surface area (Å²) in [4.78, 5) is 6.62. The number of para-hydroxylation sites is 1. The third kappa shape index (κ3) is 3.40. The molecule has 0 saturated carbocycles. The fourth-order valence-corrected chi connectivity index (χ4v) is 5.09. The molecular formula is C22H23N3O5S. The number of hydrogen-bond donors (Lipinski definition) is 0. The van der Waals surface area contributed by atoms with Gasteiger partial charge in [0.2, 0.25) is 5.75 Å². The van der Waals surface area contributed by atoms with Gasteiger partial charge >= 0.3 is 0 Å². The number of methoxy groups -OCH3 is 3. The van der Waals surface area contributed by atoms with Gasteiger partial charge < -0.3 is 19.1 Å². The van der Waals surface area contributed by atoms with Crippen LogP contribution in [0.3, 0.4) is 0 Å². The Morgan fingerprint density at radius 3 is 2.19 bits per heavy atom. The molecule has 0 radical (unpaired) electrons. The van der Waals surface area contributed by atoms with Crippen LogP contribution in [0.4, 0.5) is 17.2 Å². The topological polar surface area (TPSA) is 81.2 Å². The second-order valence-electron chi connectivity index (χ2n) is 6.91. The van der Waals surface area contributed by atoms with Crippen LogP contribution < -0.4 is 23.4 Å². The van der Waals surface area contributed by atoms with E-state index in [-0.39, 0.29) is 4.90 Å². The van der Waals surface area contributed by atoms with Crippen molar-refractivity contribution in [3.05, 3.63) is 60.3 Å². The fraction of sp³-hybridized carbons (Fsp3) is 0.227. The van der Waals surface area contributed by atoms with Crippen LogP contribution in [0, 0.1) is 0 Å². The molecule has 0 saturated heterocycles. The molecule has 1 aromatic heterocycles. The number of benzene rings is 2. The standard InChI is InChI=1S/C22H23N3O5S/c1-24-17-9-7-11-23-22(17)25(16-8-5-6-10-20(16)31(24,26)27)14-15-12-18(28-2)21(30-4)19(13-15)29-3/h5-13H,14H2,1-4H3. The van der Waals surface area contributed by atoms with Gasteiger partial charge in [0.15, 0.2) is 17.3 Å². The van der Waals surface area contributed by atoms with E-state index in [1.807, 2.05) is 23.1 Å². The molecule has 2 aromatic carbocycles. The summed E-state index contributed by atoms with van der Waals surface area (Å²) in [7, 11) is 2.45. The number of hydrogen-bond acceptors (Lipinski definition) is 7. The third-order valence-corrected chi connectivity index (χ3v) is 7.04. The average molecular weight is 442 g/mol. The molecular weight excluding hydrogens is 418 g/mol. The SMILES string of the molecule is COc1cc(CN2c3ccccc3S(=O)(=O)N(C)c3cccnc32)cc(OC)c1OC. The zero-order valence-electron chi connectivity index (χ0n) is 17.7. The summed E-state index contributed by atoms with van der Waals surface area (Å²) in [6, 6.07) is 14.1. The Balaban J connectivity index is 1.93. The van der Waals surface area contributed by atoms with Gasteiger partial charge in [0.05, 0.1) is 32.7 Å². The van der Waals surface area contributed by atoms with Gasteiger partial charge in [-0.25, -0.2) is 13.4 Å². The maximum absolute atomic E-state index is 13.3. The molecule has 1 aliphatic heterocycles. The van der Waals surface area contributed by atoms with Crippen molar-refractivity contribution >= 4 is 27.2 Å². The predicted octanol–water partition coefficient (Wildman–Crippen LogP) is 3.58. The first-order valence-corrected chi connectivity index (χ1v) is 11.0. The highest BCUT2D eigenvalue weighted by molar-refractivity contribution is 7.93. The van der Waals surface area contributed by atoms with Crippen LogP contribution in [-0.2, 0) is 16.6 Å². The average Bonchev–Trinajstić information content (AvgIpc) is 2.87. The van der Waals surface area contributed by atoms with Crippen LogP contribution >= 0.6 is 0 Å². The normalized spacial score (nSPS) is 14.3. The monoisotopic (exact) mass is 441 g/mol. The minimum absolute atomic E-state index is 0.211. The predicted molar refractivity (Wildman–Crippen MR) is 118 cm³/mol. The Morgan fingerprint density at radius 2 is 1.55 bits per heavy atom. The molecule has 0 aliphatic carbocycles. The van der Waals surface area contributed by atoms with Gasteiger partial charge in [-0.1, -0.05) is 12.1 Å². The van der Waals surface area contributed by atoms with E-state index in [1.165, 1.54) is 11.4 Å². The van der Waals surface area contributed by atoms with Crippen LogP contribution in [0.2, 0.25) is 0 Å². The number of pyridine rings is 1. The lowest BCUT2D eigenvalue weighted by atomic mass is 10.1. The quantitative estimate of drug-likeness (QED) is 0.599. The Kier molecular flexibility index (Phi) is 5.36. The molecule has 0 bridgehead atoms. The Morgan fingerprint density at radius 1 is 0.903 bits per heavy atom. The first-order chi connectivity index (χ1) is 14.9. The van der Waals surface area contributed by atoms with Crippen LogP contribution in [-0.4, -0.2) is 41.8 Å². The Labute approximate surface area is 181 Å². The number of anilines is 3. The summed E-state index contributed by atoms with van der Waals surface area (Å²) in [5.41, 5.74) is 1.87. The Bertz CT molecular complexity index is 1200. The largest absolute Gasteiger partial charge is 0.493 e. The minimum atomic E-state index is -3.75. The Hall–Kier alpha value is -3.46. The maximum Gasteiger partial charge on any atom is 0.266 e. The van der Waals surface area contributed by atoms with E-state index < -0.39 is 10.0 Å². The highest BCUT2D eigenvalue weighted by Gasteiger charge is 2.34. The maximum atomic E-state index is 13.3. The lowest BCUT2D eigenvalue weighted by molar-refractivity contribution is 0.324. The van der Waals surface area contributed by atoms with Crippen molar-refractivity contribution in [3.8, 4) is 17.2 Å². The summed E-state index contributed by atoms with van der Waals surface area (Å²) in [6.07, 6.45) is 1.65. The summed E-state index contributed by atoms with van der Waals surface area (Å²) in [6.45, 7) is 0.334. The van der Waals surface area contributed by atoms with Crippen LogP contribution in [0.15, 0.2) is 59.6 Å². The third-order valence-electron chi connectivity index (χ3n) is 5.22. The molecule has 9 heteroatoms. The van der Waals surface area contributed by atoms with Crippen LogP contribution in [0.1, 0.15) is 5.56 Å². The summed E-state index contributed by atoms with van der Waals surface area (Å²) in [5.74, 6) is 2.06. The summed E-state index contributed by atoms with van der Waals surface area (Å²) >= 11 is 0. The smallest absolute Gasteiger partial charge is 0.266 e. The van der Waals surface area contributed by atoms with E-state index in [0.717, 1.165) is 5.56 Å². The molecule has 2 heterocycles. The van der Waals surface area contributed by atoms with E-state index in [1.54, 1.807) is 57.9 Å². The summed E-state index contributed by atoms with van der Waals surface area (Å²) in [5, 5.41) is 0. The lowest BCUT2D eigenvalue weighted by Crippen LogP contribution is -2.25. The highest BCUT2D eigenvalue weighted by atomic mass is 32.2. The van der Waals surface area contributed by atoms with Crippen molar-refractivity contribution < 1.29 is 22.6 Å². The lowest BCUT2D eigenvalue weighted by Gasteiger charge is -2.25. The zero-order valence-corrected chi connectivity index (χ0v) is 18.5. The van der Waals surface area contributed by atoms with Gasteiger partial charge in [0.25, 0.3) is 10.0 Å². The molecule has 0 fully saturated rings. The molecule has 0 N–H and O–H groups in total. The molecule has 31 heavy (non-hydrogen) atoms. The number of aromatic nitrogens is 1. The fourth-order valence-electron chi connectivity index (χ4n) is 3.70. The zero-order chi connectivity index (χ0) is 22.2. The number of fused-ring (bicyclic) bond motifs is 2. The molecule has 0 amide bonds. The second kappa shape index (κ2) is 7.99. The number of rotatable bonds is 5. The molecule has 4 rings (SSSR count). The number of nitrogens with zero attached hydrogens (tertiary/aromatic N) is 3. The van der Waals surface area contributed by atoms with Gasteiger partial charge in [-0.05, 0) is 42.0 Å². The van der Waals surface area contributed by atoms with Gasteiger partial charge in [0.1, 0.15) is 4.90 Å². The molecule has 1 aliphatic rings. The van der Waals surface area contributed by atoms with Crippen molar-refractivity contribution in [2.45, 2.75) is 11.4 Å². The highest BCUT2D eigenvalue weighted by Crippen LogP contribution is 2.44. The molecule has 0 unspecified atom stereocenters. The molecule has 8 nitrogen and oxygen atoms in total. The first-order valence-electron chi connectivity index (χ1n) is 9.51. The van der Waals surface area contributed by atoms with Crippen molar-refractivity contribution in [2.75, 3.05) is 37.6 Å². The molecule has 3 aromatic rings. The van der Waals surface area contributed by atoms with E-state index in [4.69, 9.17) is 14.2 Å². The van der Waals surface area contributed by atoms with Gasteiger partial charge in [-0.3, -0.25) is 4.31 Å². The van der Waals surface area contributed by atoms with Crippen molar-refractivity contribution in [1.29, 1.82) is 0 Å². The van der Waals surface area contributed by atoms with Crippen LogP contribution in [0.25, 0.3) is 0 Å². The van der Waals surface area contributed by atoms with Gasteiger partial charge in [-0.2, -0.15) is 0 Å². The number of sulfonamides is 1. The summed E-state index contributed by atoms with van der Waals surface area (Å²) < 4.78 is 44.2. The van der Waals surface area contributed by atoms with Crippen molar-refractivity contribution in [1.82, 2.24) is 4.98 Å². The van der Waals surface area contributed by atoms with Gasteiger partial charge in [0, 0.05) is 19.8 Å².